The maximum Gasteiger partial charge on any atom is 0.225 e. The second kappa shape index (κ2) is 6.37. The lowest BCUT2D eigenvalue weighted by atomic mass is 10.0. The molecule has 1 unspecified atom stereocenters. The zero-order chi connectivity index (χ0) is 15.5. The number of nitrogens with zero attached hydrogens (tertiary/aromatic N) is 3. The van der Waals surface area contributed by atoms with Crippen LogP contribution < -0.4 is 10.2 Å². The number of aromatic nitrogens is 2. The van der Waals surface area contributed by atoms with Crippen molar-refractivity contribution in [1.82, 2.24) is 15.3 Å². The standard InChI is InChI=1S/C16H19FN4O/c1-21(2)16-19-9-13(11-3-5-12(17)6-4-11)15(20-16)14-10-18-7-8-22-14/h3-6,9,14,18H,7-8,10H2,1-2H3. The monoisotopic (exact) mass is 302 g/mol. The average molecular weight is 302 g/mol. The zero-order valence-electron chi connectivity index (χ0n) is 12.7. The van der Waals surface area contributed by atoms with E-state index < -0.39 is 0 Å². The third-order valence-electron chi connectivity index (χ3n) is 3.59. The summed E-state index contributed by atoms with van der Waals surface area (Å²) in [5.74, 6) is 0.377. The van der Waals surface area contributed by atoms with Crippen molar-refractivity contribution >= 4 is 5.95 Å². The van der Waals surface area contributed by atoms with Gasteiger partial charge in [-0.25, -0.2) is 14.4 Å². The molecule has 1 aromatic heterocycles. The van der Waals surface area contributed by atoms with Crippen LogP contribution in [-0.4, -0.2) is 43.8 Å². The van der Waals surface area contributed by atoms with Gasteiger partial charge in [0.25, 0.3) is 0 Å². The highest BCUT2D eigenvalue weighted by atomic mass is 19.1. The first-order valence-electron chi connectivity index (χ1n) is 7.27. The molecule has 116 valence electrons. The fraction of sp³-hybridized carbons (Fsp3) is 0.375. The molecule has 3 rings (SSSR count). The molecule has 1 aromatic carbocycles. The Kier molecular flexibility index (Phi) is 4.31. The zero-order valence-corrected chi connectivity index (χ0v) is 12.7. The highest BCUT2D eigenvalue weighted by molar-refractivity contribution is 5.66. The fourth-order valence-electron chi connectivity index (χ4n) is 2.44. The molecule has 0 aliphatic carbocycles. The van der Waals surface area contributed by atoms with Gasteiger partial charge in [0.1, 0.15) is 11.9 Å². The maximum atomic E-state index is 13.2. The highest BCUT2D eigenvalue weighted by Crippen LogP contribution is 2.30. The Morgan fingerprint density at radius 2 is 2.05 bits per heavy atom. The van der Waals surface area contributed by atoms with E-state index >= 15 is 0 Å². The van der Waals surface area contributed by atoms with Gasteiger partial charge in [-0.05, 0) is 17.7 Å². The molecule has 0 saturated carbocycles. The Morgan fingerprint density at radius 1 is 1.27 bits per heavy atom. The minimum Gasteiger partial charge on any atom is -0.369 e. The van der Waals surface area contributed by atoms with Crippen LogP contribution in [0.4, 0.5) is 10.3 Å². The van der Waals surface area contributed by atoms with Gasteiger partial charge in [-0.3, -0.25) is 0 Å². The lowest BCUT2D eigenvalue weighted by Gasteiger charge is -2.25. The molecule has 1 fully saturated rings. The molecule has 0 amide bonds. The van der Waals surface area contributed by atoms with E-state index in [1.54, 1.807) is 18.3 Å². The third kappa shape index (κ3) is 3.08. The van der Waals surface area contributed by atoms with Crippen LogP contribution in [0, 0.1) is 5.82 Å². The fourth-order valence-corrected chi connectivity index (χ4v) is 2.44. The van der Waals surface area contributed by atoms with Crippen LogP contribution in [0.1, 0.15) is 11.8 Å². The van der Waals surface area contributed by atoms with E-state index in [0.717, 1.165) is 23.4 Å². The maximum absolute atomic E-state index is 13.2. The minimum absolute atomic E-state index is 0.129. The highest BCUT2D eigenvalue weighted by Gasteiger charge is 2.22. The first-order chi connectivity index (χ1) is 10.6. The number of nitrogens with one attached hydrogen (secondary N) is 1. The second-order valence-corrected chi connectivity index (χ2v) is 5.43. The number of ether oxygens (including phenoxy) is 1. The van der Waals surface area contributed by atoms with Crippen LogP contribution >= 0.6 is 0 Å². The second-order valence-electron chi connectivity index (χ2n) is 5.43. The molecule has 1 aliphatic heterocycles. The van der Waals surface area contributed by atoms with Gasteiger partial charge < -0.3 is 15.0 Å². The lowest BCUT2D eigenvalue weighted by Crippen LogP contribution is -2.34. The van der Waals surface area contributed by atoms with E-state index in [0.29, 0.717) is 19.1 Å². The molecule has 22 heavy (non-hydrogen) atoms. The van der Waals surface area contributed by atoms with E-state index in [9.17, 15) is 4.39 Å². The third-order valence-corrected chi connectivity index (χ3v) is 3.59. The lowest BCUT2D eigenvalue weighted by molar-refractivity contribution is 0.0254. The van der Waals surface area contributed by atoms with E-state index in [1.807, 2.05) is 19.0 Å². The quantitative estimate of drug-likeness (QED) is 0.940. The summed E-state index contributed by atoms with van der Waals surface area (Å²) >= 11 is 0. The summed E-state index contributed by atoms with van der Waals surface area (Å²) in [4.78, 5) is 10.9. The van der Waals surface area contributed by atoms with Crippen molar-refractivity contribution < 1.29 is 9.13 Å². The molecule has 0 radical (unpaired) electrons. The van der Waals surface area contributed by atoms with Gasteiger partial charge in [-0.15, -0.1) is 0 Å². The Bertz CT molecular complexity index is 639. The molecule has 5 nitrogen and oxygen atoms in total. The molecule has 0 spiro atoms. The summed E-state index contributed by atoms with van der Waals surface area (Å²) in [6.07, 6.45) is 1.65. The van der Waals surface area contributed by atoms with Crippen molar-refractivity contribution in [3.05, 3.63) is 42.0 Å². The van der Waals surface area contributed by atoms with Crippen molar-refractivity contribution in [1.29, 1.82) is 0 Å². The topological polar surface area (TPSA) is 50.3 Å². The van der Waals surface area contributed by atoms with Crippen LogP contribution in [0.3, 0.4) is 0 Å². The molecular weight excluding hydrogens is 283 g/mol. The minimum atomic E-state index is -0.258. The largest absolute Gasteiger partial charge is 0.369 e. The summed E-state index contributed by atoms with van der Waals surface area (Å²) in [6, 6.07) is 6.37. The first-order valence-corrected chi connectivity index (χ1v) is 7.27. The van der Waals surface area contributed by atoms with Gasteiger partial charge in [0.15, 0.2) is 0 Å². The van der Waals surface area contributed by atoms with Crippen molar-refractivity contribution in [2.75, 3.05) is 38.7 Å². The van der Waals surface area contributed by atoms with E-state index in [4.69, 9.17) is 4.74 Å². The van der Waals surface area contributed by atoms with Crippen LogP contribution in [-0.2, 0) is 4.74 Å². The molecule has 1 saturated heterocycles. The van der Waals surface area contributed by atoms with Gasteiger partial charge in [0, 0.05) is 38.9 Å². The molecule has 1 aliphatic rings. The van der Waals surface area contributed by atoms with Gasteiger partial charge in [0.05, 0.1) is 12.3 Å². The van der Waals surface area contributed by atoms with Crippen molar-refractivity contribution in [3.63, 3.8) is 0 Å². The molecule has 6 heteroatoms. The summed E-state index contributed by atoms with van der Waals surface area (Å²) in [5.41, 5.74) is 2.59. The number of anilines is 1. The smallest absolute Gasteiger partial charge is 0.225 e. The van der Waals surface area contributed by atoms with Crippen LogP contribution in [0.15, 0.2) is 30.5 Å². The average Bonchev–Trinajstić information content (AvgIpc) is 2.56. The van der Waals surface area contributed by atoms with Crippen LogP contribution in [0.2, 0.25) is 0 Å². The number of hydrogen-bond acceptors (Lipinski definition) is 5. The van der Waals surface area contributed by atoms with Gasteiger partial charge in [-0.2, -0.15) is 0 Å². The Morgan fingerprint density at radius 3 is 2.68 bits per heavy atom. The number of rotatable bonds is 3. The predicted molar refractivity (Wildman–Crippen MR) is 83.3 cm³/mol. The Labute approximate surface area is 129 Å². The summed E-state index contributed by atoms with van der Waals surface area (Å²) in [7, 11) is 3.80. The summed E-state index contributed by atoms with van der Waals surface area (Å²) in [6.45, 7) is 2.20. The summed E-state index contributed by atoms with van der Waals surface area (Å²) < 4.78 is 19.0. The molecule has 1 atom stereocenters. The normalized spacial score (nSPS) is 18.2. The molecule has 2 aromatic rings. The van der Waals surface area contributed by atoms with Crippen LogP contribution in [0.25, 0.3) is 11.1 Å². The van der Waals surface area contributed by atoms with E-state index in [2.05, 4.69) is 15.3 Å². The molecule has 1 N–H and O–H groups in total. The molecule has 0 bridgehead atoms. The van der Waals surface area contributed by atoms with Gasteiger partial charge in [-0.1, -0.05) is 12.1 Å². The van der Waals surface area contributed by atoms with Crippen molar-refractivity contribution in [3.8, 4) is 11.1 Å². The molecular formula is C16H19FN4O. The number of hydrogen-bond donors (Lipinski definition) is 1. The summed E-state index contributed by atoms with van der Waals surface area (Å²) in [5, 5.41) is 3.31. The van der Waals surface area contributed by atoms with Crippen molar-refractivity contribution in [2.45, 2.75) is 6.10 Å². The van der Waals surface area contributed by atoms with Gasteiger partial charge in [0.2, 0.25) is 5.95 Å². The number of benzene rings is 1. The molecule has 2 heterocycles. The first kappa shape index (κ1) is 14.9. The number of halogens is 1. The van der Waals surface area contributed by atoms with Gasteiger partial charge >= 0.3 is 0 Å². The Balaban J connectivity index is 2.05. The predicted octanol–water partition coefficient (Wildman–Crippen LogP) is 2.01. The number of morpholine rings is 1. The SMILES string of the molecule is CN(C)c1ncc(-c2ccc(F)cc2)c(C2CNCCO2)n1. The van der Waals surface area contributed by atoms with E-state index in [1.165, 1.54) is 12.1 Å². The van der Waals surface area contributed by atoms with E-state index in [-0.39, 0.29) is 11.9 Å². The Hall–Kier alpha value is -2.05. The van der Waals surface area contributed by atoms with Crippen molar-refractivity contribution in [2.24, 2.45) is 0 Å². The van der Waals surface area contributed by atoms with Crippen LogP contribution in [0.5, 0.6) is 0 Å².